The maximum atomic E-state index is 10.2. The van der Waals surface area contributed by atoms with Gasteiger partial charge in [0.05, 0.1) is 6.10 Å². The molecule has 1 aromatic rings. The molecule has 0 saturated heterocycles. The Kier molecular flexibility index (Phi) is 5.36. The lowest BCUT2D eigenvalue weighted by Gasteiger charge is -2.10. The molecule has 1 rings (SSSR count). The zero-order valence-corrected chi connectivity index (χ0v) is 9.10. The van der Waals surface area contributed by atoms with Crippen LogP contribution in [-0.2, 0) is 0 Å². The molecule has 0 saturated carbocycles. The van der Waals surface area contributed by atoms with Crippen LogP contribution in [0.1, 0.15) is 30.9 Å². The first kappa shape index (κ1) is 12.5. The van der Waals surface area contributed by atoms with Crippen LogP contribution in [0.5, 0.6) is 0 Å². The van der Waals surface area contributed by atoms with E-state index in [1.165, 1.54) is 0 Å². The molecule has 0 aromatic heterocycles. The van der Waals surface area contributed by atoms with Crippen LogP contribution in [0.2, 0.25) is 0 Å². The van der Waals surface area contributed by atoms with Gasteiger partial charge in [-0.1, -0.05) is 30.3 Å². The third-order valence-electron chi connectivity index (χ3n) is 2.36. The molecule has 0 radical (unpaired) electrons. The van der Waals surface area contributed by atoms with Gasteiger partial charge in [-0.2, -0.15) is 0 Å². The normalized spacial score (nSPS) is 12.1. The second kappa shape index (κ2) is 6.85. The van der Waals surface area contributed by atoms with E-state index in [1.807, 2.05) is 30.3 Å². The van der Waals surface area contributed by atoms with Gasteiger partial charge in [0.15, 0.2) is 0 Å². The Labute approximate surface area is 94.9 Å². The van der Waals surface area contributed by atoms with Crippen molar-refractivity contribution in [3.8, 4) is 0 Å². The zero-order chi connectivity index (χ0) is 11.8. The van der Waals surface area contributed by atoms with Gasteiger partial charge >= 0.3 is 6.09 Å². The minimum atomic E-state index is -0.997. The third-order valence-corrected chi connectivity index (χ3v) is 2.36. The number of aliphatic hydroxyl groups excluding tert-OH is 1. The molecule has 0 aliphatic carbocycles. The molecule has 0 heterocycles. The lowest BCUT2D eigenvalue weighted by molar-refractivity contribution is 0.163. The molecule has 0 aliphatic rings. The summed E-state index contributed by atoms with van der Waals surface area (Å²) in [6, 6.07) is 9.47. The van der Waals surface area contributed by atoms with E-state index < -0.39 is 12.2 Å². The second-order valence-electron chi connectivity index (χ2n) is 3.65. The molecule has 0 bridgehead atoms. The highest BCUT2D eigenvalue weighted by Gasteiger charge is 2.05. The summed E-state index contributed by atoms with van der Waals surface area (Å²) in [6.45, 7) is 0.441. The SMILES string of the molecule is O=C(O)NCCCCC(O)c1ccccc1. The van der Waals surface area contributed by atoms with E-state index in [0.717, 1.165) is 18.4 Å². The summed E-state index contributed by atoms with van der Waals surface area (Å²) in [5, 5.41) is 20.4. The van der Waals surface area contributed by atoms with Crippen molar-refractivity contribution in [2.24, 2.45) is 0 Å². The molecule has 0 aliphatic heterocycles. The van der Waals surface area contributed by atoms with E-state index in [4.69, 9.17) is 5.11 Å². The Morgan fingerprint density at radius 3 is 2.56 bits per heavy atom. The number of aliphatic hydroxyl groups is 1. The number of carboxylic acid groups (broad SMARTS) is 1. The summed E-state index contributed by atoms with van der Waals surface area (Å²) in [6.07, 6.45) is 0.757. The van der Waals surface area contributed by atoms with Gasteiger partial charge in [-0.3, -0.25) is 0 Å². The summed E-state index contributed by atoms with van der Waals surface area (Å²) < 4.78 is 0. The minimum absolute atomic E-state index is 0.441. The number of hydrogen-bond acceptors (Lipinski definition) is 2. The van der Waals surface area contributed by atoms with Gasteiger partial charge in [0.1, 0.15) is 0 Å². The quantitative estimate of drug-likeness (QED) is 0.647. The van der Waals surface area contributed by atoms with Crippen LogP contribution in [0.3, 0.4) is 0 Å². The number of amides is 1. The van der Waals surface area contributed by atoms with Crippen molar-refractivity contribution in [1.82, 2.24) is 5.32 Å². The number of rotatable bonds is 6. The van der Waals surface area contributed by atoms with Crippen molar-refractivity contribution in [3.05, 3.63) is 35.9 Å². The average Bonchev–Trinajstić information content (AvgIpc) is 2.29. The van der Waals surface area contributed by atoms with E-state index in [0.29, 0.717) is 13.0 Å². The molecular formula is C12H17NO3. The molecule has 1 aromatic carbocycles. The lowest BCUT2D eigenvalue weighted by Crippen LogP contribution is -2.21. The smallest absolute Gasteiger partial charge is 0.404 e. The molecule has 3 N–H and O–H groups in total. The Hall–Kier alpha value is -1.55. The van der Waals surface area contributed by atoms with Gasteiger partial charge < -0.3 is 15.5 Å². The third kappa shape index (κ3) is 4.79. The van der Waals surface area contributed by atoms with E-state index in [9.17, 15) is 9.90 Å². The highest BCUT2D eigenvalue weighted by Crippen LogP contribution is 2.18. The number of carbonyl (C=O) groups is 1. The molecular weight excluding hydrogens is 206 g/mol. The maximum Gasteiger partial charge on any atom is 0.404 e. The summed E-state index contributed by atoms with van der Waals surface area (Å²) >= 11 is 0. The van der Waals surface area contributed by atoms with Crippen molar-refractivity contribution in [2.45, 2.75) is 25.4 Å². The maximum absolute atomic E-state index is 10.2. The molecule has 0 spiro atoms. The fourth-order valence-electron chi connectivity index (χ4n) is 1.50. The highest BCUT2D eigenvalue weighted by atomic mass is 16.4. The molecule has 1 amide bonds. The summed E-state index contributed by atoms with van der Waals surface area (Å²) in [5.74, 6) is 0. The van der Waals surface area contributed by atoms with Gasteiger partial charge in [-0.25, -0.2) is 4.79 Å². The molecule has 1 unspecified atom stereocenters. The van der Waals surface area contributed by atoms with Gasteiger partial charge in [-0.05, 0) is 24.8 Å². The lowest BCUT2D eigenvalue weighted by atomic mass is 10.0. The summed E-state index contributed by atoms with van der Waals surface area (Å²) in [4.78, 5) is 10.2. The van der Waals surface area contributed by atoms with Crippen LogP contribution in [0, 0.1) is 0 Å². The predicted molar refractivity (Wildman–Crippen MR) is 61.3 cm³/mol. The van der Waals surface area contributed by atoms with Gasteiger partial charge in [0, 0.05) is 6.54 Å². The van der Waals surface area contributed by atoms with Crippen LogP contribution >= 0.6 is 0 Å². The first-order valence-corrected chi connectivity index (χ1v) is 5.40. The van der Waals surface area contributed by atoms with Crippen LogP contribution < -0.4 is 5.32 Å². The summed E-state index contributed by atoms with van der Waals surface area (Å²) in [7, 11) is 0. The monoisotopic (exact) mass is 223 g/mol. The Bertz CT molecular complexity index is 313. The summed E-state index contributed by atoms with van der Waals surface area (Å²) in [5.41, 5.74) is 0.911. The van der Waals surface area contributed by atoms with Gasteiger partial charge in [0.25, 0.3) is 0 Å². The Morgan fingerprint density at radius 1 is 1.25 bits per heavy atom. The van der Waals surface area contributed by atoms with Crippen molar-refractivity contribution < 1.29 is 15.0 Å². The molecule has 16 heavy (non-hydrogen) atoms. The first-order chi connectivity index (χ1) is 7.70. The Morgan fingerprint density at radius 2 is 1.94 bits per heavy atom. The molecule has 4 heteroatoms. The van der Waals surface area contributed by atoms with Crippen LogP contribution in [0.15, 0.2) is 30.3 Å². The molecule has 88 valence electrons. The van der Waals surface area contributed by atoms with Gasteiger partial charge in [-0.15, -0.1) is 0 Å². The van der Waals surface area contributed by atoms with Gasteiger partial charge in [0.2, 0.25) is 0 Å². The molecule has 1 atom stereocenters. The predicted octanol–water partition coefficient (Wildman–Crippen LogP) is 2.16. The standard InChI is InChI=1S/C12H17NO3/c14-11(10-6-2-1-3-7-10)8-4-5-9-13-12(15)16/h1-3,6-7,11,13-14H,4-5,8-9H2,(H,15,16). The van der Waals surface area contributed by atoms with Crippen LogP contribution in [-0.4, -0.2) is 22.9 Å². The Balaban J connectivity index is 2.16. The van der Waals surface area contributed by atoms with E-state index >= 15 is 0 Å². The van der Waals surface area contributed by atoms with E-state index in [-0.39, 0.29) is 0 Å². The van der Waals surface area contributed by atoms with E-state index in [1.54, 1.807) is 0 Å². The molecule has 0 fully saturated rings. The van der Waals surface area contributed by atoms with Crippen LogP contribution in [0.25, 0.3) is 0 Å². The fourth-order valence-corrected chi connectivity index (χ4v) is 1.50. The number of hydrogen-bond donors (Lipinski definition) is 3. The number of unbranched alkanes of at least 4 members (excludes halogenated alkanes) is 1. The van der Waals surface area contributed by atoms with Crippen molar-refractivity contribution in [2.75, 3.05) is 6.54 Å². The van der Waals surface area contributed by atoms with Crippen molar-refractivity contribution >= 4 is 6.09 Å². The molecule has 4 nitrogen and oxygen atoms in total. The second-order valence-corrected chi connectivity index (χ2v) is 3.65. The zero-order valence-electron chi connectivity index (χ0n) is 9.10. The number of nitrogens with one attached hydrogen (secondary N) is 1. The number of benzene rings is 1. The minimum Gasteiger partial charge on any atom is -0.465 e. The van der Waals surface area contributed by atoms with Crippen molar-refractivity contribution in [1.29, 1.82) is 0 Å². The average molecular weight is 223 g/mol. The van der Waals surface area contributed by atoms with Crippen molar-refractivity contribution in [3.63, 3.8) is 0 Å². The largest absolute Gasteiger partial charge is 0.465 e. The fraction of sp³-hybridized carbons (Fsp3) is 0.417. The topological polar surface area (TPSA) is 69.6 Å². The van der Waals surface area contributed by atoms with E-state index in [2.05, 4.69) is 5.32 Å². The van der Waals surface area contributed by atoms with Crippen LogP contribution in [0.4, 0.5) is 4.79 Å². The highest BCUT2D eigenvalue weighted by molar-refractivity contribution is 5.64. The first-order valence-electron chi connectivity index (χ1n) is 5.40.